The summed E-state index contributed by atoms with van der Waals surface area (Å²) in [5.41, 5.74) is 1.77. The van der Waals surface area contributed by atoms with E-state index in [0.717, 1.165) is 0 Å². The number of likely N-dealkylation sites (N-methyl/N-ethyl adjacent to an activating group) is 2. The van der Waals surface area contributed by atoms with Gasteiger partial charge in [-0.3, -0.25) is 24.1 Å². The number of phenolic OH excluding ortho intramolecular Hbond substituents is 1. The molecule has 0 radical (unpaired) electrons. The third kappa shape index (κ3) is 4.41. The standard InChI is InChI=1S/C24H28N4O8.2ClH/c1-26-8-13(29)27-12-5-4-9-6-10-7-11-17(28(2)3)20(32)16(23(25)35)22(34)24(11,36)21(33)15(10)19(31)14(9)18(12)30;;/h4-5,10-11,17,26,30,32-33,36H,6-8H2,1-3H3,(H2,25,35)(H,27,29);2*1H/t10?,11?,17-,24-;;/m0../s1. The molecule has 0 spiro atoms. The Hall–Kier alpha value is -3.16. The molecule has 0 bridgehead atoms. The average molecular weight is 573 g/mol. The highest BCUT2D eigenvalue weighted by Crippen LogP contribution is 2.52. The van der Waals surface area contributed by atoms with Crippen LogP contribution in [0.2, 0.25) is 0 Å². The molecule has 1 aromatic carbocycles. The number of hydrogen-bond acceptors (Lipinski definition) is 10. The Labute approximate surface area is 230 Å². The van der Waals surface area contributed by atoms with Crippen LogP contribution in [-0.2, 0) is 20.8 Å². The molecule has 12 nitrogen and oxygen atoms in total. The summed E-state index contributed by atoms with van der Waals surface area (Å²) < 4.78 is 0. The number of Topliss-reactive ketones (excluding diaryl/α,β-unsaturated/α-hetero) is 2. The zero-order valence-corrected chi connectivity index (χ0v) is 22.4. The summed E-state index contributed by atoms with van der Waals surface area (Å²) in [6, 6.07) is 1.99. The first kappa shape index (κ1) is 31.1. The van der Waals surface area contributed by atoms with E-state index in [1.165, 1.54) is 11.0 Å². The summed E-state index contributed by atoms with van der Waals surface area (Å²) in [4.78, 5) is 52.3. The highest BCUT2D eigenvalue weighted by molar-refractivity contribution is 6.25. The largest absolute Gasteiger partial charge is 0.510 e. The van der Waals surface area contributed by atoms with E-state index in [1.807, 2.05) is 0 Å². The van der Waals surface area contributed by atoms with Gasteiger partial charge in [0, 0.05) is 11.5 Å². The van der Waals surface area contributed by atoms with E-state index >= 15 is 0 Å². The number of aliphatic hydroxyl groups excluding tert-OH is 2. The quantitative estimate of drug-likeness (QED) is 0.187. The van der Waals surface area contributed by atoms with Gasteiger partial charge in [-0.1, -0.05) is 6.07 Å². The molecule has 38 heavy (non-hydrogen) atoms. The van der Waals surface area contributed by atoms with Gasteiger partial charge in [0.25, 0.3) is 5.91 Å². The lowest BCUT2D eigenvalue weighted by Crippen LogP contribution is -2.63. The summed E-state index contributed by atoms with van der Waals surface area (Å²) in [7, 11) is 4.70. The van der Waals surface area contributed by atoms with Crippen molar-refractivity contribution in [2.24, 2.45) is 17.6 Å². The molecule has 3 aliphatic rings. The lowest BCUT2D eigenvalue weighted by Gasteiger charge is -2.50. The average Bonchev–Trinajstić information content (AvgIpc) is 2.78. The minimum atomic E-state index is -2.70. The van der Waals surface area contributed by atoms with Gasteiger partial charge in [-0.05, 0) is 51.5 Å². The molecule has 3 aliphatic carbocycles. The Morgan fingerprint density at radius 1 is 1.16 bits per heavy atom. The molecule has 208 valence electrons. The number of aliphatic hydroxyl groups is 3. The lowest BCUT2D eigenvalue weighted by molar-refractivity contribution is -0.148. The first-order valence-electron chi connectivity index (χ1n) is 11.3. The van der Waals surface area contributed by atoms with Crippen LogP contribution < -0.4 is 16.4 Å². The van der Waals surface area contributed by atoms with Crippen molar-refractivity contribution in [1.82, 2.24) is 10.2 Å². The molecule has 0 aliphatic heterocycles. The van der Waals surface area contributed by atoms with Gasteiger partial charge in [-0.25, -0.2) is 0 Å². The van der Waals surface area contributed by atoms with Crippen LogP contribution in [0.4, 0.5) is 5.69 Å². The van der Waals surface area contributed by atoms with E-state index in [4.69, 9.17) is 5.73 Å². The number of halogens is 2. The van der Waals surface area contributed by atoms with Crippen molar-refractivity contribution >= 4 is 53.9 Å². The molecule has 0 fully saturated rings. The van der Waals surface area contributed by atoms with Crippen LogP contribution in [0.5, 0.6) is 5.75 Å². The fourth-order valence-electron chi connectivity index (χ4n) is 5.68. The molecule has 2 unspecified atom stereocenters. The summed E-state index contributed by atoms with van der Waals surface area (Å²) in [6.07, 6.45) is 0.181. The SMILES string of the molecule is CNCC(=O)Nc1ccc2c(c1O)C(=O)C1=C(O)[C@]3(O)C(=O)C(C(N)=O)=C(O)[C@@H](N(C)C)C3CC1C2.Cl.Cl. The highest BCUT2D eigenvalue weighted by Gasteiger charge is 2.63. The second kappa shape index (κ2) is 10.9. The maximum atomic E-state index is 13.6. The molecule has 4 rings (SSSR count). The number of ketones is 2. The Morgan fingerprint density at radius 2 is 1.79 bits per heavy atom. The second-order valence-corrected chi connectivity index (χ2v) is 9.54. The predicted octanol–water partition coefficient (Wildman–Crippen LogP) is 0.122. The van der Waals surface area contributed by atoms with E-state index in [1.54, 1.807) is 27.2 Å². The highest BCUT2D eigenvalue weighted by atomic mass is 35.5. The molecule has 0 heterocycles. The fraction of sp³-hybridized carbons (Fsp3) is 0.417. The van der Waals surface area contributed by atoms with Gasteiger partial charge >= 0.3 is 0 Å². The number of nitrogens with zero attached hydrogens (tertiary/aromatic N) is 1. The van der Waals surface area contributed by atoms with Crippen LogP contribution >= 0.6 is 24.8 Å². The summed E-state index contributed by atoms with van der Waals surface area (Å²) >= 11 is 0. The molecule has 8 N–H and O–H groups in total. The number of carbonyl (C=O) groups is 4. The third-order valence-electron chi connectivity index (χ3n) is 7.21. The van der Waals surface area contributed by atoms with Gasteiger partial charge in [0.1, 0.15) is 17.1 Å². The maximum Gasteiger partial charge on any atom is 0.255 e. The number of fused-ring (bicyclic) bond motifs is 3. The van der Waals surface area contributed by atoms with Gasteiger partial charge in [0.05, 0.1) is 23.8 Å². The second-order valence-electron chi connectivity index (χ2n) is 9.54. The van der Waals surface area contributed by atoms with Crippen LogP contribution in [0, 0.1) is 11.8 Å². The zero-order chi connectivity index (χ0) is 26.7. The number of anilines is 1. The normalized spacial score (nSPS) is 26.1. The Morgan fingerprint density at radius 3 is 2.34 bits per heavy atom. The summed E-state index contributed by atoms with van der Waals surface area (Å²) in [6.45, 7) is -0.0371. The number of benzene rings is 1. The van der Waals surface area contributed by atoms with Crippen molar-refractivity contribution in [2.75, 3.05) is 33.0 Å². The van der Waals surface area contributed by atoms with E-state index in [-0.39, 0.29) is 61.0 Å². The van der Waals surface area contributed by atoms with Gasteiger partial charge in [-0.2, -0.15) is 0 Å². The number of nitrogens with two attached hydrogens (primary N) is 1. The van der Waals surface area contributed by atoms with Crippen molar-refractivity contribution in [3.8, 4) is 5.75 Å². The smallest absolute Gasteiger partial charge is 0.255 e. The van der Waals surface area contributed by atoms with Gasteiger partial charge < -0.3 is 36.8 Å². The topological polar surface area (TPSA) is 203 Å². The number of amides is 2. The molecule has 4 atom stereocenters. The molecule has 2 amide bonds. The van der Waals surface area contributed by atoms with Crippen LogP contribution in [0.15, 0.2) is 34.8 Å². The van der Waals surface area contributed by atoms with Crippen LogP contribution in [0.1, 0.15) is 22.3 Å². The van der Waals surface area contributed by atoms with E-state index in [9.17, 15) is 39.6 Å². The number of rotatable bonds is 5. The molecular formula is C24H30Cl2N4O8. The Bertz CT molecular complexity index is 1280. The van der Waals surface area contributed by atoms with Crippen molar-refractivity contribution < 1.29 is 39.6 Å². The molecular weight excluding hydrogens is 543 g/mol. The number of primary amides is 1. The number of allylic oxidation sites excluding steroid dienone is 1. The summed E-state index contributed by atoms with van der Waals surface area (Å²) in [5.74, 6) is -7.66. The maximum absolute atomic E-state index is 13.6. The van der Waals surface area contributed by atoms with Crippen molar-refractivity contribution in [1.29, 1.82) is 0 Å². The molecule has 0 aromatic heterocycles. The monoisotopic (exact) mass is 572 g/mol. The van der Waals surface area contributed by atoms with E-state index in [2.05, 4.69) is 10.6 Å². The Kier molecular flexibility index (Phi) is 8.92. The van der Waals surface area contributed by atoms with Crippen LogP contribution in [-0.4, -0.2) is 88.0 Å². The number of phenols is 1. The minimum absolute atomic E-state index is 0. The number of aromatic hydroxyl groups is 1. The third-order valence-corrected chi connectivity index (χ3v) is 7.21. The van der Waals surface area contributed by atoms with Crippen LogP contribution in [0.3, 0.4) is 0 Å². The van der Waals surface area contributed by atoms with Gasteiger partial charge in [0.15, 0.2) is 17.1 Å². The van der Waals surface area contributed by atoms with Crippen molar-refractivity contribution in [3.63, 3.8) is 0 Å². The van der Waals surface area contributed by atoms with Crippen molar-refractivity contribution in [2.45, 2.75) is 24.5 Å². The Balaban J connectivity index is 0.00000253. The molecule has 0 saturated heterocycles. The van der Waals surface area contributed by atoms with Crippen molar-refractivity contribution in [3.05, 3.63) is 45.9 Å². The first-order valence-corrected chi connectivity index (χ1v) is 11.3. The van der Waals surface area contributed by atoms with E-state index < -0.39 is 69.7 Å². The van der Waals surface area contributed by atoms with E-state index in [0.29, 0.717) is 5.56 Å². The van der Waals surface area contributed by atoms with Gasteiger partial charge in [-0.15, -0.1) is 24.8 Å². The molecule has 1 aromatic rings. The number of nitrogens with one attached hydrogen (secondary N) is 2. The molecule has 14 heteroatoms. The first-order chi connectivity index (χ1) is 16.9. The van der Waals surface area contributed by atoms with Crippen LogP contribution in [0.25, 0.3) is 0 Å². The number of carbonyl (C=O) groups excluding carboxylic acids is 4. The summed E-state index contributed by atoms with van der Waals surface area (Å²) in [5, 5.41) is 49.5. The fourth-order valence-corrected chi connectivity index (χ4v) is 5.68. The molecule has 0 saturated carbocycles. The van der Waals surface area contributed by atoms with Gasteiger partial charge in [0.2, 0.25) is 11.7 Å². The predicted molar refractivity (Wildman–Crippen MR) is 141 cm³/mol. The number of hydrogen-bond donors (Lipinski definition) is 7. The lowest BCUT2D eigenvalue weighted by atomic mass is 9.58. The minimum Gasteiger partial charge on any atom is -0.510 e. The zero-order valence-electron chi connectivity index (χ0n) is 20.8.